The Bertz CT molecular complexity index is 224. The average molecular weight is 229 g/mol. The zero-order chi connectivity index (χ0) is 12.0. The van der Waals surface area contributed by atoms with Crippen molar-refractivity contribution in [2.24, 2.45) is 0 Å². The van der Waals surface area contributed by atoms with Crippen molar-refractivity contribution in [3.8, 4) is 0 Å². The molecule has 0 aromatic carbocycles. The molecule has 0 spiro atoms. The van der Waals surface area contributed by atoms with Crippen LogP contribution >= 0.6 is 0 Å². The van der Waals surface area contributed by atoms with E-state index < -0.39 is 5.60 Å². The van der Waals surface area contributed by atoms with Gasteiger partial charge in [-0.25, -0.2) is 0 Å². The molecule has 1 N–H and O–H groups in total. The SMILES string of the molecule is CCCN(CC(=O)OC)CC1(O)CCCC1. The van der Waals surface area contributed by atoms with Gasteiger partial charge in [0.25, 0.3) is 0 Å². The number of carbonyl (C=O) groups excluding carboxylic acids is 1. The van der Waals surface area contributed by atoms with Crippen LogP contribution in [0, 0.1) is 0 Å². The predicted molar refractivity (Wildman–Crippen MR) is 62.2 cm³/mol. The Labute approximate surface area is 97.6 Å². The van der Waals surface area contributed by atoms with Crippen LogP contribution in [-0.4, -0.2) is 48.3 Å². The summed E-state index contributed by atoms with van der Waals surface area (Å²) in [6.45, 7) is 3.78. The lowest BCUT2D eigenvalue weighted by molar-refractivity contribution is -0.142. The monoisotopic (exact) mass is 229 g/mol. The fourth-order valence-corrected chi connectivity index (χ4v) is 2.38. The van der Waals surface area contributed by atoms with Crippen LogP contribution in [0.3, 0.4) is 0 Å². The normalized spacial score (nSPS) is 19.0. The second kappa shape index (κ2) is 6.21. The van der Waals surface area contributed by atoms with Crippen molar-refractivity contribution >= 4 is 5.97 Å². The van der Waals surface area contributed by atoms with Crippen LogP contribution in [0.1, 0.15) is 39.0 Å². The highest BCUT2D eigenvalue weighted by atomic mass is 16.5. The molecule has 0 atom stereocenters. The van der Waals surface area contributed by atoms with Crippen LogP contribution < -0.4 is 0 Å². The molecule has 0 bridgehead atoms. The van der Waals surface area contributed by atoms with Crippen LogP contribution in [0.4, 0.5) is 0 Å². The molecule has 0 saturated heterocycles. The molecule has 16 heavy (non-hydrogen) atoms. The minimum Gasteiger partial charge on any atom is -0.468 e. The van der Waals surface area contributed by atoms with Crippen molar-refractivity contribution in [2.45, 2.75) is 44.6 Å². The molecule has 0 aliphatic heterocycles. The Balaban J connectivity index is 2.46. The summed E-state index contributed by atoms with van der Waals surface area (Å²) >= 11 is 0. The summed E-state index contributed by atoms with van der Waals surface area (Å²) < 4.78 is 4.66. The number of esters is 1. The van der Waals surface area contributed by atoms with Crippen LogP contribution in [0.5, 0.6) is 0 Å². The first-order valence-electron chi connectivity index (χ1n) is 6.11. The van der Waals surface area contributed by atoms with E-state index in [0.717, 1.165) is 38.6 Å². The average Bonchev–Trinajstić information content (AvgIpc) is 2.65. The largest absolute Gasteiger partial charge is 0.468 e. The first-order chi connectivity index (χ1) is 7.59. The van der Waals surface area contributed by atoms with E-state index in [-0.39, 0.29) is 12.5 Å². The van der Waals surface area contributed by atoms with Crippen molar-refractivity contribution in [3.63, 3.8) is 0 Å². The summed E-state index contributed by atoms with van der Waals surface area (Å²) in [7, 11) is 1.40. The topological polar surface area (TPSA) is 49.8 Å². The molecule has 1 saturated carbocycles. The van der Waals surface area contributed by atoms with Gasteiger partial charge in [0, 0.05) is 6.54 Å². The summed E-state index contributed by atoms with van der Waals surface area (Å²) in [6.07, 6.45) is 4.87. The molecule has 1 fully saturated rings. The standard InChI is InChI=1S/C12H23NO3/c1-3-8-13(9-11(14)16-2)10-12(15)6-4-5-7-12/h15H,3-10H2,1-2H3. The lowest BCUT2D eigenvalue weighted by Gasteiger charge is -2.30. The Morgan fingerprint density at radius 3 is 2.56 bits per heavy atom. The number of hydrogen-bond acceptors (Lipinski definition) is 4. The summed E-state index contributed by atoms with van der Waals surface area (Å²) in [6, 6.07) is 0. The molecule has 0 radical (unpaired) electrons. The second-order valence-electron chi connectivity index (χ2n) is 4.72. The zero-order valence-electron chi connectivity index (χ0n) is 10.4. The fourth-order valence-electron chi connectivity index (χ4n) is 2.38. The number of rotatable bonds is 6. The molecule has 4 nitrogen and oxygen atoms in total. The summed E-state index contributed by atoms with van der Waals surface area (Å²) in [5, 5.41) is 10.3. The Kier molecular flexibility index (Phi) is 5.22. The second-order valence-corrected chi connectivity index (χ2v) is 4.72. The molecule has 0 unspecified atom stereocenters. The maximum atomic E-state index is 11.2. The fraction of sp³-hybridized carbons (Fsp3) is 0.917. The van der Waals surface area contributed by atoms with Crippen LogP contribution in [0.25, 0.3) is 0 Å². The van der Waals surface area contributed by atoms with Crippen LogP contribution in [0.15, 0.2) is 0 Å². The van der Waals surface area contributed by atoms with Gasteiger partial charge in [-0.15, -0.1) is 0 Å². The molecule has 0 heterocycles. The number of carbonyl (C=O) groups is 1. The van der Waals surface area contributed by atoms with Gasteiger partial charge in [0.1, 0.15) is 0 Å². The highest BCUT2D eigenvalue weighted by molar-refractivity contribution is 5.71. The zero-order valence-corrected chi connectivity index (χ0v) is 10.4. The van der Waals surface area contributed by atoms with Crippen LogP contribution in [-0.2, 0) is 9.53 Å². The highest BCUT2D eigenvalue weighted by Gasteiger charge is 2.33. The predicted octanol–water partition coefficient (Wildman–Crippen LogP) is 1.18. The molecule has 1 rings (SSSR count). The lowest BCUT2D eigenvalue weighted by atomic mass is 10.0. The van der Waals surface area contributed by atoms with E-state index in [4.69, 9.17) is 0 Å². The third kappa shape index (κ3) is 4.10. The van der Waals surface area contributed by atoms with Crippen molar-refractivity contribution in [1.82, 2.24) is 4.90 Å². The number of hydrogen-bond donors (Lipinski definition) is 1. The van der Waals surface area contributed by atoms with Crippen molar-refractivity contribution in [2.75, 3.05) is 26.7 Å². The van der Waals surface area contributed by atoms with E-state index in [1.54, 1.807) is 0 Å². The van der Waals surface area contributed by atoms with E-state index in [2.05, 4.69) is 11.7 Å². The minimum absolute atomic E-state index is 0.227. The van der Waals surface area contributed by atoms with Gasteiger partial charge in [0.2, 0.25) is 0 Å². The number of methoxy groups -OCH3 is 1. The molecule has 0 aromatic rings. The van der Waals surface area contributed by atoms with E-state index >= 15 is 0 Å². The molecule has 1 aliphatic rings. The van der Waals surface area contributed by atoms with Gasteiger partial charge in [-0.1, -0.05) is 19.8 Å². The molecule has 1 aliphatic carbocycles. The number of aliphatic hydroxyl groups is 1. The van der Waals surface area contributed by atoms with Crippen LogP contribution in [0.2, 0.25) is 0 Å². The van der Waals surface area contributed by atoms with Gasteiger partial charge >= 0.3 is 5.97 Å². The van der Waals surface area contributed by atoms with Gasteiger partial charge in [0.05, 0.1) is 19.3 Å². The molecular weight excluding hydrogens is 206 g/mol. The van der Waals surface area contributed by atoms with Gasteiger partial charge in [-0.05, 0) is 25.8 Å². The van der Waals surface area contributed by atoms with E-state index in [1.807, 2.05) is 4.90 Å². The van der Waals surface area contributed by atoms with E-state index in [0.29, 0.717) is 6.54 Å². The summed E-state index contributed by atoms with van der Waals surface area (Å²) in [5.74, 6) is -0.227. The van der Waals surface area contributed by atoms with Crippen molar-refractivity contribution in [3.05, 3.63) is 0 Å². The van der Waals surface area contributed by atoms with E-state index in [9.17, 15) is 9.90 Å². The maximum Gasteiger partial charge on any atom is 0.319 e. The van der Waals surface area contributed by atoms with Gasteiger partial charge < -0.3 is 9.84 Å². The third-order valence-electron chi connectivity index (χ3n) is 3.17. The maximum absolute atomic E-state index is 11.2. The van der Waals surface area contributed by atoms with Gasteiger partial charge in [-0.3, -0.25) is 9.69 Å². The lowest BCUT2D eigenvalue weighted by Crippen LogP contribution is -2.43. The molecule has 0 aromatic heterocycles. The Morgan fingerprint density at radius 2 is 2.06 bits per heavy atom. The quantitative estimate of drug-likeness (QED) is 0.695. The summed E-state index contributed by atoms with van der Waals surface area (Å²) in [4.78, 5) is 13.2. The minimum atomic E-state index is -0.580. The van der Waals surface area contributed by atoms with Gasteiger partial charge in [0.15, 0.2) is 0 Å². The first-order valence-corrected chi connectivity index (χ1v) is 6.11. The van der Waals surface area contributed by atoms with Crippen molar-refractivity contribution < 1.29 is 14.6 Å². The third-order valence-corrected chi connectivity index (χ3v) is 3.17. The Hall–Kier alpha value is -0.610. The molecular formula is C12H23NO3. The Morgan fingerprint density at radius 1 is 1.44 bits per heavy atom. The smallest absolute Gasteiger partial charge is 0.319 e. The molecule has 4 heteroatoms. The first kappa shape index (κ1) is 13.5. The summed E-state index contributed by atoms with van der Waals surface area (Å²) in [5.41, 5.74) is -0.580. The van der Waals surface area contributed by atoms with E-state index in [1.165, 1.54) is 7.11 Å². The number of nitrogens with zero attached hydrogens (tertiary/aromatic N) is 1. The highest BCUT2D eigenvalue weighted by Crippen LogP contribution is 2.30. The molecule has 94 valence electrons. The number of ether oxygens (including phenoxy) is 1. The van der Waals surface area contributed by atoms with Gasteiger partial charge in [-0.2, -0.15) is 0 Å². The van der Waals surface area contributed by atoms with Crippen molar-refractivity contribution in [1.29, 1.82) is 0 Å². The molecule has 0 amide bonds.